The van der Waals surface area contributed by atoms with E-state index < -0.39 is 23.6 Å². The fourth-order valence-electron chi connectivity index (χ4n) is 2.11. The third-order valence-corrected chi connectivity index (χ3v) is 4.15. The van der Waals surface area contributed by atoms with E-state index in [0.717, 1.165) is 25.0 Å². The number of rotatable bonds is 4. The SMILES string of the molecule is Fc1ccc(C(NC2CC2)c2nccs2)cc1C(F)(F)F. The highest BCUT2D eigenvalue weighted by Crippen LogP contribution is 2.35. The van der Waals surface area contributed by atoms with Gasteiger partial charge in [0, 0.05) is 17.6 Å². The summed E-state index contributed by atoms with van der Waals surface area (Å²) in [6, 6.07) is 2.98. The van der Waals surface area contributed by atoms with Crippen molar-refractivity contribution >= 4 is 11.3 Å². The minimum Gasteiger partial charge on any atom is -0.301 e. The number of halogens is 4. The van der Waals surface area contributed by atoms with Crippen LogP contribution >= 0.6 is 11.3 Å². The minimum absolute atomic E-state index is 0.290. The molecule has 2 nitrogen and oxygen atoms in total. The van der Waals surface area contributed by atoms with Gasteiger partial charge in [-0.05, 0) is 30.5 Å². The van der Waals surface area contributed by atoms with Crippen LogP contribution in [-0.4, -0.2) is 11.0 Å². The van der Waals surface area contributed by atoms with Crippen LogP contribution in [0.1, 0.15) is 35.0 Å². The van der Waals surface area contributed by atoms with Gasteiger partial charge in [0.1, 0.15) is 10.8 Å². The molecule has 0 bridgehead atoms. The lowest BCUT2D eigenvalue weighted by Crippen LogP contribution is -2.25. The van der Waals surface area contributed by atoms with E-state index in [2.05, 4.69) is 10.3 Å². The van der Waals surface area contributed by atoms with Crippen LogP contribution in [0, 0.1) is 5.82 Å². The van der Waals surface area contributed by atoms with Crippen LogP contribution < -0.4 is 5.32 Å². The molecule has 112 valence electrons. The van der Waals surface area contributed by atoms with Gasteiger partial charge < -0.3 is 5.32 Å². The maximum Gasteiger partial charge on any atom is 0.419 e. The van der Waals surface area contributed by atoms with Crippen molar-refractivity contribution in [3.8, 4) is 0 Å². The van der Waals surface area contributed by atoms with E-state index in [0.29, 0.717) is 16.6 Å². The van der Waals surface area contributed by atoms with Crippen LogP contribution in [0.4, 0.5) is 17.6 Å². The minimum atomic E-state index is -4.70. The fourth-order valence-corrected chi connectivity index (χ4v) is 2.84. The molecule has 0 spiro atoms. The van der Waals surface area contributed by atoms with E-state index in [1.54, 1.807) is 11.6 Å². The average molecular weight is 316 g/mol. The molecule has 21 heavy (non-hydrogen) atoms. The van der Waals surface area contributed by atoms with Crippen molar-refractivity contribution in [2.24, 2.45) is 0 Å². The molecule has 1 saturated carbocycles. The van der Waals surface area contributed by atoms with Crippen molar-refractivity contribution in [3.05, 3.63) is 51.7 Å². The Labute approximate surface area is 122 Å². The maximum atomic E-state index is 13.4. The van der Waals surface area contributed by atoms with E-state index in [4.69, 9.17) is 0 Å². The standard InChI is InChI=1S/C14H12F4N2S/c15-11-4-1-8(7-10(11)14(16,17)18)12(20-9-2-3-9)13-19-5-6-21-13/h1,4-7,9,12,20H,2-3H2. The number of nitrogens with zero attached hydrogens (tertiary/aromatic N) is 1. The molecule has 1 aromatic carbocycles. The molecule has 3 rings (SSSR count). The number of benzene rings is 1. The lowest BCUT2D eigenvalue weighted by molar-refractivity contribution is -0.140. The third kappa shape index (κ3) is 3.24. The topological polar surface area (TPSA) is 24.9 Å². The largest absolute Gasteiger partial charge is 0.419 e. The number of hydrogen-bond donors (Lipinski definition) is 1. The highest BCUT2D eigenvalue weighted by atomic mass is 32.1. The summed E-state index contributed by atoms with van der Waals surface area (Å²) in [6.07, 6.45) is -1.10. The first-order chi connectivity index (χ1) is 9.95. The van der Waals surface area contributed by atoms with E-state index >= 15 is 0 Å². The van der Waals surface area contributed by atoms with Gasteiger partial charge in [-0.3, -0.25) is 0 Å². The molecule has 0 amide bonds. The van der Waals surface area contributed by atoms with E-state index in [1.807, 2.05) is 0 Å². The number of nitrogens with one attached hydrogen (secondary N) is 1. The average Bonchev–Trinajstić information content (AvgIpc) is 3.08. The van der Waals surface area contributed by atoms with E-state index in [1.165, 1.54) is 17.4 Å². The normalized spacial score (nSPS) is 17.0. The second-order valence-electron chi connectivity index (χ2n) is 4.98. The summed E-state index contributed by atoms with van der Waals surface area (Å²) >= 11 is 1.36. The number of aromatic nitrogens is 1. The van der Waals surface area contributed by atoms with Crippen molar-refractivity contribution in [3.63, 3.8) is 0 Å². The van der Waals surface area contributed by atoms with Crippen molar-refractivity contribution in [1.29, 1.82) is 0 Å². The van der Waals surface area contributed by atoms with E-state index in [-0.39, 0.29) is 0 Å². The quantitative estimate of drug-likeness (QED) is 0.858. The highest BCUT2D eigenvalue weighted by molar-refractivity contribution is 7.09. The first-order valence-corrected chi connectivity index (χ1v) is 7.35. The maximum absolute atomic E-state index is 13.4. The van der Waals surface area contributed by atoms with Crippen molar-refractivity contribution < 1.29 is 17.6 Å². The first-order valence-electron chi connectivity index (χ1n) is 6.47. The first kappa shape index (κ1) is 14.5. The molecule has 1 aliphatic carbocycles. The Morgan fingerprint density at radius 1 is 1.29 bits per heavy atom. The third-order valence-electron chi connectivity index (χ3n) is 3.31. The Balaban J connectivity index is 1.99. The molecule has 1 heterocycles. The monoisotopic (exact) mass is 316 g/mol. The van der Waals surface area contributed by atoms with Crippen molar-refractivity contribution in [1.82, 2.24) is 10.3 Å². The van der Waals surface area contributed by atoms with Crippen LogP contribution in [0.3, 0.4) is 0 Å². The van der Waals surface area contributed by atoms with E-state index in [9.17, 15) is 17.6 Å². The molecule has 1 aromatic heterocycles. The van der Waals surface area contributed by atoms with Gasteiger partial charge in [0.15, 0.2) is 0 Å². The summed E-state index contributed by atoms with van der Waals surface area (Å²) < 4.78 is 51.9. The highest BCUT2D eigenvalue weighted by Gasteiger charge is 2.35. The van der Waals surface area contributed by atoms with Gasteiger partial charge in [-0.15, -0.1) is 11.3 Å². The molecule has 0 aliphatic heterocycles. The predicted octanol–water partition coefficient (Wildman–Crippen LogP) is 4.14. The predicted molar refractivity (Wildman–Crippen MR) is 71.5 cm³/mol. The Hall–Kier alpha value is -1.47. The summed E-state index contributed by atoms with van der Waals surface area (Å²) in [5.74, 6) is -1.25. The van der Waals surface area contributed by atoms with Crippen molar-refractivity contribution in [2.75, 3.05) is 0 Å². The summed E-state index contributed by atoms with van der Waals surface area (Å²) in [7, 11) is 0. The summed E-state index contributed by atoms with van der Waals surface area (Å²) in [4.78, 5) is 4.17. The number of hydrogen-bond acceptors (Lipinski definition) is 3. The lowest BCUT2D eigenvalue weighted by atomic mass is 10.0. The Morgan fingerprint density at radius 3 is 2.62 bits per heavy atom. The molecule has 0 saturated heterocycles. The zero-order valence-corrected chi connectivity index (χ0v) is 11.6. The van der Waals surface area contributed by atoms with Gasteiger partial charge in [0.25, 0.3) is 0 Å². The molecule has 1 atom stereocenters. The van der Waals surface area contributed by atoms with Crippen LogP contribution in [-0.2, 0) is 6.18 Å². The molecule has 1 unspecified atom stereocenters. The zero-order valence-electron chi connectivity index (χ0n) is 10.8. The Morgan fingerprint density at radius 2 is 2.05 bits per heavy atom. The van der Waals surface area contributed by atoms with Gasteiger partial charge in [-0.1, -0.05) is 6.07 Å². The summed E-state index contributed by atoms with van der Waals surface area (Å²) in [5, 5.41) is 5.72. The molecular formula is C14H12F4N2S. The van der Waals surface area contributed by atoms with Gasteiger partial charge in [0.05, 0.1) is 11.6 Å². The van der Waals surface area contributed by atoms with Crippen molar-refractivity contribution in [2.45, 2.75) is 31.1 Å². The summed E-state index contributed by atoms with van der Waals surface area (Å²) in [6.45, 7) is 0. The molecular weight excluding hydrogens is 304 g/mol. The van der Waals surface area contributed by atoms with Gasteiger partial charge in [0.2, 0.25) is 0 Å². The molecule has 1 fully saturated rings. The van der Waals surface area contributed by atoms with Crippen LogP contribution in [0.25, 0.3) is 0 Å². The molecule has 2 aromatic rings. The van der Waals surface area contributed by atoms with Crippen LogP contribution in [0.15, 0.2) is 29.8 Å². The number of thiazole rings is 1. The zero-order chi connectivity index (χ0) is 15.0. The van der Waals surface area contributed by atoms with Crippen LogP contribution in [0.2, 0.25) is 0 Å². The van der Waals surface area contributed by atoms with Gasteiger partial charge >= 0.3 is 6.18 Å². The molecule has 0 radical (unpaired) electrons. The second kappa shape index (κ2) is 5.38. The Kier molecular flexibility index (Phi) is 3.71. The molecule has 1 N–H and O–H groups in total. The van der Waals surface area contributed by atoms with Crippen LogP contribution in [0.5, 0.6) is 0 Å². The fraction of sp³-hybridized carbons (Fsp3) is 0.357. The Bertz CT molecular complexity index is 620. The molecule has 7 heteroatoms. The van der Waals surface area contributed by atoms with Gasteiger partial charge in [-0.25, -0.2) is 9.37 Å². The number of alkyl halides is 3. The smallest absolute Gasteiger partial charge is 0.301 e. The second-order valence-corrected chi connectivity index (χ2v) is 5.91. The molecule has 1 aliphatic rings. The lowest BCUT2D eigenvalue weighted by Gasteiger charge is -2.18. The summed E-state index contributed by atoms with van der Waals surface area (Å²) in [5.41, 5.74) is -0.857. The van der Waals surface area contributed by atoms with Gasteiger partial charge in [-0.2, -0.15) is 13.2 Å².